The molecule has 1 aromatic heterocycles. The molecule has 0 unspecified atom stereocenters. The van der Waals surface area contributed by atoms with E-state index in [1.54, 1.807) is 0 Å². The number of hydrogen-bond donors (Lipinski definition) is 1. The molecule has 1 amide bonds. The van der Waals surface area contributed by atoms with Crippen molar-refractivity contribution >= 4 is 39.7 Å². The third-order valence-electron chi connectivity index (χ3n) is 4.26. The maximum atomic E-state index is 12.6. The molecule has 140 valence electrons. The predicted octanol–water partition coefficient (Wildman–Crippen LogP) is 4.36. The molecule has 3 rings (SSSR count). The monoisotopic (exact) mass is 403 g/mol. The summed E-state index contributed by atoms with van der Waals surface area (Å²) in [5, 5.41) is 24.0. The van der Waals surface area contributed by atoms with Crippen molar-refractivity contribution in [1.29, 1.82) is 5.26 Å². The Labute approximate surface area is 164 Å². The van der Waals surface area contributed by atoms with Crippen LogP contribution >= 0.6 is 23.1 Å². The van der Waals surface area contributed by atoms with Gasteiger partial charge in [-0.3, -0.25) is 14.9 Å². The van der Waals surface area contributed by atoms with Crippen molar-refractivity contribution in [3.8, 4) is 11.8 Å². The van der Waals surface area contributed by atoms with Gasteiger partial charge in [-0.2, -0.15) is 5.26 Å². The highest BCUT2D eigenvalue weighted by molar-refractivity contribution is 8.00. The van der Waals surface area contributed by atoms with Crippen LogP contribution in [-0.2, 0) is 12.2 Å². The van der Waals surface area contributed by atoms with Gasteiger partial charge in [-0.05, 0) is 24.1 Å². The Kier molecular flexibility index (Phi) is 5.13. The first-order valence-electron chi connectivity index (χ1n) is 8.08. The molecule has 1 N–H and O–H groups in total. The molecule has 7 nitrogen and oxygen atoms in total. The summed E-state index contributed by atoms with van der Waals surface area (Å²) in [6.45, 7) is 4.27. The third kappa shape index (κ3) is 3.77. The lowest BCUT2D eigenvalue weighted by Gasteiger charge is -2.28. The van der Waals surface area contributed by atoms with E-state index in [4.69, 9.17) is 4.74 Å². The zero-order chi connectivity index (χ0) is 19.8. The van der Waals surface area contributed by atoms with E-state index in [1.165, 1.54) is 36.6 Å². The van der Waals surface area contributed by atoms with Crippen LogP contribution in [-0.4, -0.2) is 22.7 Å². The molecule has 0 atom stereocenters. The molecule has 0 aliphatic carbocycles. The van der Waals surface area contributed by atoms with Crippen molar-refractivity contribution in [2.45, 2.75) is 30.8 Å². The maximum absolute atomic E-state index is 12.6. The van der Waals surface area contributed by atoms with Crippen molar-refractivity contribution in [1.82, 2.24) is 0 Å². The van der Waals surface area contributed by atoms with Gasteiger partial charge in [0.05, 0.1) is 17.6 Å². The fourth-order valence-electron chi connectivity index (χ4n) is 2.91. The summed E-state index contributed by atoms with van der Waals surface area (Å²) in [6, 6.07) is 6.22. The number of nitrogens with zero attached hydrogens (tertiary/aromatic N) is 2. The van der Waals surface area contributed by atoms with Gasteiger partial charge in [0.2, 0.25) is 0 Å². The molecule has 27 heavy (non-hydrogen) atoms. The van der Waals surface area contributed by atoms with Gasteiger partial charge in [0.1, 0.15) is 11.1 Å². The van der Waals surface area contributed by atoms with Gasteiger partial charge in [0, 0.05) is 27.0 Å². The first-order chi connectivity index (χ1) is 12.8. The number of fused-ring (bicyclic) bond motifs is 1. The normalized spacial score (nSPS) is 14.7. The van der Waals surface area contributed by atoms with E-state index in [2.05, 4.69) is 25.2 Å². The van der Waals surface area contributed by atoms with Crippen LogP contribution in [0.4, 0.5) is 10.7 Å². The summed E-state index contributed by atoms with van der Waals surface area (Å²) in [5.41, 5.74) is 1.32. The highest BCUT2D eigenvalue weighted by Gasteiger charge is 2.31. The number of amides is 1. The fourth-order valence-corrected chi connectivity index (χ4v) is 5.22. The molecule has 0 radical (unpaired) electrons. The van der Waals surface area contributed by atoms with Gasteiger partial charge in [-0.1, -0.05) is 13.8 Å². The average Bonchev–Trinajstić information content (AvgIpc) is 2.95. The first kappa shape index (κ1) is 19.2. The number of methoxy groups -OCH3 is 1. The predicted molar refractivity (Wildman–Crippen MR) is 106 cm³/mol. The largest absolute Gasteiger partial charge is 0.490 e. The number of anilines is 1. The number of benzene rings is 1. The topological polar surface area (TPSA) is 105 Å². The van der Waals surface area contributed by atoms with E-state index in [-0.39, 0.29) is 21.7 Å². The van der Waals surface area contributed by atoms with E-state index < -0.39 is 10.8 Å². The summed E-state index contributed by atoms with van der Waals surface area (Å²) in [6.07, 6.45) is 0.760. The van der Waals surface area contributed by atoms with Crippen LogP contribution in [0.25, 0.3) is 0 Å². The Morgan fingerprint density at radius 1 is 1.44 bits per heavy atom. The quantitative estimate of drug-likeness (QED) is 0.601. The summed E-state index contributed by atoms with van der Waals surface area (Å²) >= 11 is 3.21. The number of carbonyl (C=O) groups excluding carboxylic acids is 1. The van der Waals surface area contributed by atoms with Crippen LogP contribution < -0.4 is 10.1 Å². The van der Waals surface area contributed by atoms with E-state index in [0.717, 1.165) is 22.6 Å². The number of carbonyl (C=O) groups is 1. The molecular formula is C18H17N3O4S2. The van der Waals surface area contributed by atoms with Crippen LogP contribution in [0.2, 0.25) is 0 Å². The lowest BCUT2D eigenvalue weighted by molar-refractivity contribution is -0.385. The van der Waals surface area contributed by atoms with Crippen molar-refractivity contribution in [3.63, 3.8) is 0 Å². The number of ether oxygens (including phenoxy) is 1. The minimum atomic E-state index is -0.598. The number of rotatable bonds is 4. The molecule has 2 aromatic rings. The summed E-state index contributed by atoms with van der Waals surface area (Å²) in [4.78, 5) is 24.3. The molecule has 1 aliphatic heterocycles. The van der Waals surface area contributed by atoms with Crippen molar-refractivity contribution in [2.75, 3.05) is 12.4 Å². The molecule has 2 heterocycles. The minimum Gasteiger partial charge on any atom is -0.490 e. The second-order valence-electron chi connectivity index (χ2n) is 6.64. The van der Waals surface area contributed by atoms with Crippen LogP contribution in [0, 0.1) is 21.4 Å². The molecule has 0 bridgehead atoms. The number of thioether (sulfide) groups is 1. The van der Waals surface area contributed by atoms with Crippen molar-refractivity contribution in [3.05, 3.63) is 49.9 Å². The molecule has 0 spiro atoms. The average molecular weight is 403 g/mol. The number of thiophene rings is 1. The lowest BCUT2D eigenvalue weighted by Crippen LogP contribution is -2.23. The fraction of sp³-hybridized carbons (Fsp3) is 0.333. The smallest absolute Gasteiger partial charge is 0.311 e. The van der Waals surface area contributed by atoms with E-state index >= 15 is 0 Å². The second kappa shape index (κ2) is 7.21. The number of nitro benzene ring substituents is 1. The van der Waals surface area contributed by atoms with Gasteiger partial charge in [0.25, 0.3) is 5.91 Å². The highest BCUT2D eigenvalue weighted by Crippen LogP contribution is 2.45. The number of nitro groups is 1. The molecule has 0 saturated heterocycles. The van der Waals surface area contributed by atoms with E-state index in [9.17, 15) is 20.2 Å². The van der Waals surface area contributed by atoms with Gasteiger partial charge < -0.3 is 10.1 Å². The summed E-state index contributed by atoms with van der Waals surface area (Å²) in [7, 11) is 1.33. The second-order valence-corrected chi connectivity index (χ2v) is 9.43. The minimum absolute atomic E-state index is 0.0392. The third-order valence-corrected chi connectivity index (χ3v) is 6.95. The van der Waals surface area contributed by atoms with Gasteiger partial charge in [-0.15, -0.1) is 23.1 Å². The maximum Gasteiger partial charge on any atom is 0.311 e. The van der Waals surface area contributed by atoms with Crippen LogP contribution in [0.1, 0.15) is 40.2 Å². The standard InChI is InChI=1S/C18H17N3O4S2/c1-18(2)7-11-12(8-19)17(27-15(11)9-26-18)20-16(22)10-4-5-14(25-3)13(6-10)21(23)24/h4-6H,7,9H2,1-3H3,(H,20,22). The SMILES string of the molecule is COc1ccc(C(=O)Nc2sc3c(c2C#N)CC(C)(C)SC3)cc1[N+](=O)[O-]. The molecule has 9 heteroatoms. The number of nitriles is 1. The Morgan fingerprint density at radius 2 is 2.19 bits per heavy atom. The zero-order valence-electron chi connectivity index (χ0n) is 15.0. The van der Waals surface area contributed by atoms with Gasteiger partial charge >= 0.3 is 5.69 Å². The first-order valence-corrected chi connectivity index (χ1v) is 9.88. The molecule has 0 saturated carbocycles. The Morgan fingerprint density at radius 3 is 2.81 bits per heavy atom. The number of hydrogen-bond acceptors (Lipinski definition) is 7. The van der Waals surface area contributed by atoms with E-state index in [1.807, 2.05) is 11.8 Å². The Balaban J connectivity index is 1.92. The van der Waals surface area contributed by atoms with Crippen LogP contribution in [0.3, 0.4) is 0 Å². The van der Waals surface area contributed by atoms with Crippen LogP contribution in [0.15, 0.2) is 18.2 Å². The van der Waals surface area contributed by atoms with Gasteiger partial charge in [0.15, 0.2) is 5.75 Å². The Hall–Kier alpha value is -2.57. The molecule has 1 aromatic carbocycles. The van der Waals surface area contributed by atoms with Gasteiger partial charge in [-0.25, -0.2) is 0 Å². The van der Waals surface area contributed by atoms with Crippen LogP contribution in [0.5, 0.6) is 5.75 Å². The number of nitrogens with one attached hydrogen (secondary N) is 1. The Bertz CT molecular complexity index is 976. The van der Waals surface area contributed by atoms with Crippen molar-refractivity contribution < 1.29 is 14.5 Å². The molecular weight excluding hydrogens is 386 g/mol. The zero-order valence-corrected chi connectivity index (χ0v) is 16.6. The highest BCUT2D eigenvalue weighted by atomic mass is 32.2. The summed E-state index contributed by atoms with van der Waals surface area (Å²) < 4.78 is 4.99. The molecule has 1 aliphatic rings. The molecule has 0 fully saturated rings. The summed E-state index contributed by atoms with van der Waals surface area (Å²) in [5.74, 6) is 0.383. The van der Waals surface area contributed by atoms with E-state index in [0.29, 0.717) is 10.6 Å². The lowest BCUT2D eigenvalue weighted by atomic mass is 9.98. The van der Waals surface area contributed by atoms with Crippen molar-refractivity contribution in [2.24, 2.45) is 0 Å².